The van der Waals surface area contributed by atoms with E-state index in [1.165, 1.54) is 5.56 Å². The van der Waals surface area contributed by atoms with Gasteiger partial charge in [0.1, 0.15) is 11.5 Å². The van der Waals surface area contributed by atoms with Crippen LogP contribution in [0.5, 0.6) is 11.5 Å². The zero-order chi connectivity index (χ0) is 16.7. The second-order valence-electron chi connectivity index (χ2n) is 5.32. The van der Waals surface area contributed by atoms with Crippen LogP contribution in [0.4, 0.5) is 0 Å². The molecule has 0 fully saturated rings. The molecule has 0 radical (unpaired) electrons. The predicted octanol–water partition coefficient (Wildman–Crippen LogP) is 3.02. The summed E-state index contributed by atoms with van der Waals surface area (Å²) in [4.78, 5) is 0. The molecule has 0 aromatic heterocycles. The minimum Gasteiger partial charge on any atom is -0.497 e. The molecule has 2 rings (SSSR count). The van der Waals surface area contributed by atoms with E-state index in [0.29, 0.717) is 13.1 Å². The number of nitrogens with two attached hydrogens (primary N) is 1. The fourth-order valence-corrected chi connectivity index (χ4v) is 2.52. The minimum absolute atomic E-state index is 0.183. The molecule has 0 aliphatic heterocycles. The minimum atomic E-state index is 0.183. The number of ether oxygens (including phenoxy) is 2. The lowest BCUT2D eigenvalue weighted by atomic mass is 10.1. The van der Waals surface area contributed by atoms with Crippen molar-refractivity contribution < 1.29 is 9.47 Å². The summed E-state index contributed by atoms with van der Waals surface area (Å²) in [5.74, 6) is 1.58. The van der Waals surface area contributed by atoms with Gasteiger partial charge in [-0.15, -0.1) is 0 Å². The van der Waals surface area contributed by atoms with Crippen molar-refractivity contribution in [2.75, 3.05) is 20.8 Å². The maximum Gasteiger partial charge on any atom is 0.127 e. The fraction of sp³-hybridized carbons (Fsp3) is 0.333. The summed E-state index contributed by atoms with van der Waals surface area (Å²) in [5, 5.41) is 4.23. The molecule has 124 valence electrons. The van der Waals surface area contributed by atoms with E-state index in [4.69, 9.17) is 26.8 Å². The molecule has 1 unspecified atom stereocenters. The van der Waals surface area contributed by atoms with Crippen molar-refractivity contribution in [1.82, 2.24) is 5.32 Å². The molecule has 0 saturated carbocycles. The van der Waals surface area contributed by atoms with Gasteiger partial charge in [-0.25, -0.2) is 0 Å². The molecule has 0 bridgehead atoms. The highest BCUT2D eigenvalue weighted by Crippen LogP contribution is 2.24. The predicted molar refractivity (Wildman–Crippen MR) is 94.4 cm³/mol. The van der Waals surface area contributed by atoms with Gasteiger partial charge in [0.25, 0.3) is 0 Å². The lowest BCUT2D eigenvalue weighted by Crippen LogP contribution is -2.37. The van der Waals surface area contributed by atoms with Gasteiger partial charge < -0.3 is 20.5 Å². The topological polar surface area (TPSA) is 56.5 Å². The Hall–Kier alpha value is -1.75. The molecule has 4 nitrogen and oxygen atoms in total. The average molecular weight is 335 g/mol. The first-order valence-electron chi connectivity index (χ1n) is 7.55. The van der Waals surface area contributed by atoms with E-state index in [2.05, 4.69) is 5.32 Å². The Kier molecular flexibility index (Phi) is 6.71. The molecule has 0 spiro atoms. The maximum atomic E-state index is 5.92. The van der Waals surface area contributed by atoms with Crippen LogP contribution in [0.3, 0.4) is 0 Å². The Balaban J connectivity index is 1.98. The first kappa shape index (κ1) is 17.6. The zero-order valence-corrected chi connectivity index (χ0v) is 14.3. The van der Waals surface area contributed by atoms with Crippen LogP contribution in [0.25, 0.3) is 0 Å². The van der Waals surface area contributed by atoms with Crippen molar-refractivity contribution in [2.24, 2.45) is 5.73 Å². The van der Waals surface area contributed by atoms with Crippen LogP contribution in [-0.2, 0) is 13.0 Å². The molecule has 23 heavy (non-hydrogen) atoms. The Morgan fingerprint density at radius 1 is 1.09 bits per heavy atom. The fourth-order valence-electron chi connectivity index (χ4n) is 2.40. The van der Waals surface area contributed by atoms with E-state index in [1.807, 2.05) is 42.5 Å². The summed E-state index contributed by atoms with van der Waals surface area (Å²) in [7, 11) is 3.30. The van der Waals surface area contributed by atoms with Crippen molar-refractivity contribution in [3.8, 4) is 11.5 Å². The monoisotopic (exact) mass is 334 g/mol. The van der Waals surface area contributed by atoms with E-state index in [-0.39, 0.29) is 6.04 Å². The van der Waals surface area contributed by atoms with Crippen LogP contribution in [0, 0.1) is 0 Å². The first-order chi connectivity index (χ1) is 11.2. The first-order valence-corrected chi connectivity index (χ1v) is 7.93. The lowest BCUT2D eigenvalue weighted by molar-refractivity contribution is 0.388. The summed E-state index contributed by atoms with van der Waals surface area (Å²) in [5.41, 5.74) is 8.17. The van der Waals surface area contributed by atoms with Crippen LogP contribution in [0.2, 0.25) is 5.02 Å². The lowest BCUT2D eigenvalue weighted by Gasteiger charge is -2.18. The van der Waals surface area contributed by atoms with Crippen molar-refractivity contribution in [3.05, 3.63) is 58.6 Å². The molecule has 0 amide bonds. The highest BCUT2D eigenvalue weighted by molar-refractivity contribution is 6.30. The Morgan fingerprint density at radius 3 is 2.43 bits per heavy atom. The van der Waals surface area contributed by atoms with E-state index in [0.717, 1.165) is 28.5 Å². The second kappa shape index (κ2) is 8.77. The van der Waals surface area contributed by atoms with Crippen molar-refractivity contribution in [1.29, 1.82) is 0 Å². The molecule has 5 heteroatoms. The molecule has 1 atom stereocenters. The number of methoxy groups -OCH3 is 2. The Morgan fingerprint density at radius 2 is 1.83 bits per heavy atom. The van der Waals surface area contributed by atoms with Crippen molar-refractivity contribution in [2.45, 2.75) is 19.0 Å². The molecule has 2 aromatic carbocycles. The number of hydrogen-bond donors (Lipinski definition) is 2. The quantitative estimate of drug-likeness (QED) is 0.779. The summed E-state index contributed by atoms with van der Waals surface area (Å²) in [6, 6.07) is 13.8. The van der Waals surface area contributed by atoms with Crippen LogP contribution < -0.4 is 20.5 Å². The third kappa shape index (κ3) is 5.13. The number of benzene rings is 2. The van der Waals surface area contributed by atoms with Gasteiger partial charge >= 0.3 is 0 Å². The van der Waals surface area contributed by atoms with E-state index in [9.17, 15) is 0 Å². The van der Waals surface area contributed by atoms with Gasteiger partial charge in [-0.05, 0) is 30.2 Å². The maximum absolute atomic E-state index is 5.92. The molecule has 0 saturated heterocycles. The molecule has 0 heterocycles. The molecule has 2 aromatic rings. The van der Waals surface area contributed by atoms with E-state index >= 15 is 0 Å². The number of halogens is 1. The molecular formula is C18H23ClN2O2. The number of nitrogens with one attached hydrogen (secondary N) is 1. The Bertz CT molecular complexity index is 617. The number of rotatable bonds is 8. The van der Waals surface area contributed by atoms with Crippen LogP contribution in [0.1, 0.15) is 11.1 Å². The molecular weight excluding hydrogens is 312 g/mol. The Labute approximate surface area is 142 Å². The van der Waals surface area contributed by atoms with Gasteiger partial charge in [0.2, 0.25) is 0 Å². The van der Waals surface area contributed by atoms with E-state index < -0.39 is 0 Å². The average Bonchev–Trinajstić information content (AvgIpc) is 2.60. The number of hydrogen-bond acceptors (Lipinski definition) is 4. The van der Waals surface area contributed by atoms with Gasteiger partial charge in [-0.3, -0.25) is 0 Å². The standard InChI is InChI=1S/C18H23ClN2O2/c1-22-17-8-5-14(18(10-17)23-2)12-21-16(11-20)9-13-3-6-15(19)7-4-13/h3-8,10,16,21H,9,11-12,20H2,1-2H3. The third-order valence-corrected chi connectivity index (χ3v) is 4.01. The highest BCUT2D eigenvalue weighted by Gasteiger charge is 2.10. The van der Waals surface area contributed by atoms with Crippen LogP contribution in [-0.4, -0.2) is 26.8 Å². The van der Waals surface area contributed by atoms with Crippen LogP contribution in [0.15, 0.2) is 42.5 Å². The summed E-state index contributed by atoms with van der Waals surface area (Å²) in [6.07, 6.45) is 0.853. The summed E-state index contributed by atoms with van der Waals surface area (Å²) in [6.45, 7) is 1.24. The van der Waals surface area contributed by atoms with Gasteiger partial charge in [-0.2, -0.15) is 0 Å². The molecule has 0 aliphatic carbocycles. The second-order valence-corrected chi connectivity index (χ2v) is 5.76. The van der Waals surface area contributed by atoms with Crippen molar-refractivity contribution in [3.63, 3.8) is 0 Å². The van der Waals surface area contributed by atoms with Gasteiger partial charge in [-0.1, -0.05) is 29.8 Å². The van der Waals surface area contributed by atoms with Crippen molar-refractivity contribution >= 4 is 11.6 Å². The van der Waals surface area contributed by atoms with E-state index in [1.54, 1.807) is 14.2 Å². The summed E-state index contributed by atoms with van der Waals surface area (Å²) >= 11 is 5.92. The normalized spacial score (nSPS) is 12.0. The highest BCUT2D eigenvalue weighted by atomic mass is 35.5. The smallest absolute Gasteiger partial charge is 0.127 e. The molecule has 3 N–H and O–H groups in total. The third-order valence-electron chi connectivity index (χ3n) is 3.76. The SMILES string of the molecule is COc1ccc(CNC(CN)Cc2ccc(Cl)cc2)c(OC)c1. The van der Waals surface area contributed by atoms with Crippen LogP contribution >= 0.6 is 11.6 Å². The summed E-state index contributed by atoms with van der Waals surface area (Å²) < 4.78 is 10.6. The largest absolute Gasteiger partial charge is 0.497 e. The van der Waals surface area contributed by atoms with Gasteiger partial charge in [0.15, 0.2) is 0 Å². The van der Waals surface area contributed by atoms with Gasteiger partial charge in [0, 0.05) is 35.8 Å². The zero-order valence-electron chi connectivity index (χ0n) is 13.5. The van der Waals surface area contributed by atoms with Gasteiger partial charge in [0.05, 0.1) is 14.2 Å². The molecule has 0 aliphatic rings.